The van der Waals surface area contributed by atoms with Gasteiger partial charge >= 0.3 is 0 Å². The number of hydrogen-bond donors (Lipinski definition) is 0. The van der Waals surface area contributed by atoms with Gasteiger partial charge in [0, 0.05) is 24.2 Å². The molecule has 5 rings (SSSR count). The highest BCUT2D eigenvalue weighted by Crippen LogP contribution is 2.47. The van der Waals surface area contributed by atoms with Crippen molar-refractivity contribution >= 4 is 57.1 Å². The summed E-state index contributed by atoms with van der Waals surface area (Å²) in [6, 6.07) is 16.1. The van der Waals surface area contributed by atoms with Gasteiger partial charge < -0.3 is 4.90 Å². The van der Waals surface area contributed by atoms with E-state index in [2.05, 4.69) is 0 Å². The number of likely N-dealkylation sites (N-methyl/N-ethyl adjacent to an activating group) is 1. The fourth-order valence-corrected chi connectivity index (χ4v) is 6.09. The first-order chi connectivity index (χ1) is 18.1. The lowest BCUT2D eigenvalue weighted by Crippen LogP contribution is -2.30. The number of carbonyl (C=O) groups is 2. The lowest BCUT2D eigenvalue weighted by molar-refractivity contribution is -0.384. The Bertz CT molecular complexity index is 1570. The minimum Gasteiger partial charge on any atom is -0.308 e. The fraction of sp³-hybridized carbons (Fsp3) is 0.207. The second-order valence-electron chi connectivity index (χ2n) is 9.54. The molecule has 0 unspecified atom stereocenters. The summed E-state index contributed by atoms with van der Waals surface area (Å²) in [7, 11) is 0. The summed E-state index contributed by atoms with van der Waals surface area (Å²) < 4.78 is 0. The maximum atomic E-state index is 14.1. The largest absolute Gasteiger partial charge is 0.308 e. The second kappa shape index (κ2) is 9.57. The number of rotatable bonds is 4. The van der Waals surface area contributed by atoms with Gasteiger partial charge in [-0.3, -0.25) is 24.6 Å². The van der Waals surface area contributed by atoms with Gasteiger partial charge in [-0.25, -0.2) is 4.99 Å². The summed E-state index contributed by atoms with van der Waals surface area (Å²) in [6.07, 6.45) is 0. The normalized spacial score (nSPS) is 18.1. The van der Waals surface area contributed by atoms with Crippen LogP contribution in [0.15, 0.2) is 64.5 Å². The van der Waals surface area contributed by atoms with Crippen LogP contribution in [0.1, 0.15) is 34.7 Å². The van der Waals surface area contributed by atoms with E-state index in [1.54, 1.807) is 6.07 Å². The summed E-state index contributed by atoms with van der Waals surface area (Å²) in [5.41, 5.74) is 6.37. The van der Waals surface area contributed by atoms with Gasteiger partial charge in [0.15, 0.2) is 5.17 Å². The van der Waals surface area contributed by atoms with Gasteiger partial charge in [0.05, 0.1) is 32.5 Å². The van der Waals surface area contributed by atoms with Gasteiger partial charge in [-0.15, -0.1) is 0 Å². The lowest BCUT2D eigenvalue weighted by atomic mass is 10.1. The zero-order valence-electron chi connectivity index (χ0n) is 21.7. The molecule has 0 atom stereocenters. The predicted octanol–water partition coefficient (Wildman–Crippen LogP) is 6.37. The molecule has 9 heteroatoms. The molecular formula is C29H26N4O4S. The molecule has 0 saturated carbocycles. The number of aliphatic imine (C=N–C) groups is 1. The van der Waals surface area contributed by atoms with Crippen molar-refractivity contribution in [3.05, 3.63) is 97.4 Å². The van der Waals surface area contributed by atoms with Crippen LogP contribution in [0.2, 0.25) is 0 Å². The van der Waals surface area contributed by atoms with Crippen molar-refractivity contribution in [2.24, 2.45) is 4.99 Å². The number of carbonyl (C=O) groups excluding carboxylic acids is 2. The van der Waals surface area contributed by atoms with E-state index in [1.807, 2.05) is 71.0 Å². The van der Waals surface area contributed by atoms with Crippen molar-refractivity contribution < 1.29 is 14.5 Å². The number of amidine groups is 1. The molecule has 1 fully saturated rings. The summed E-state index contributed by atoms with van der Waals surface area (Å²) >= 11 is 1.12. The maximum absolute atomic E-state index is 14.1. The molecule has 0 radical (unpaired) electrons. The summed E-state index contributed by atoms with van der Waals surface area (Å²) in [5, 5.41) is 11.9. The molecule has 3 aromatic carbocycles. The van der Waals surface area contributed by atoms with Crippen molar-refractivity contribution in [2.45, 2.75) is 34.6 Å². The number of fused-ring (bicyclic) bond motifs is 1. The molecule has 8 nitrogen and oxygen atoms in total. The first-order valence-electron chi connectivity index (χ1n) is 12.2. The van der Waals surface area contributed by atoms with Crippen LogP contribution in [-0.4, -0.2) is 28.5 Å². The fourth-order valence-electron chi connectivity index (χ4n) is 5.00. The number of nitro benzene ring substituents is 1. The summed E-state index contributed by atoms with van der Waals surface area (Å²) in [6.45, 7) is 10.1. The molecule has 0 bridgehead atoms. The van der Waals surface area contributed by atoms with E-state index in [0.717, 1.165) is 34.0 Å². The van der Waals surface area contributed by atoms with E-state index in [9.17, 15) is 19.7 Å². The Kier molecular flexibility index (Phi) is 6.40. The van der Waals surface area contributed by atoms with Crippen molar-refractivity contribution in [2.75, 3.05) is 16.3 Å². The van der Waals surface area contributed by atoms with E-state index in [0.29, 0.717) is 34.3 Å². The molecule has 0 spiro atoms. The van der Waals surface area contributed by atoms with Crippen LogP contribution >= 0.6 is 11.8 Å². The minimum atomic E-state index is -0.500. The van der Waals surface area contributed by atoms with E-state index >= 15 is 0 Å². The highest BCUT2D eigenvalue weighted by molar-refractivity contribution is 8.19. The molecule has 2 aliphatic heterocycles. The SMILES string of the molecule is CCN1C(=O)C(=C2SC(=Nc3cc(C)cc(C)c3)N(c3cc(C)cc(C)c3)C2=O)c2cc([N+](=O)[O-])ccc21. The van der Waals surface area contributed by atoms with Crippen LogP contribution in [-0.2, 0) is 9.59 Å². The maximum Gasteiger partial charge on any atom is 0.272 e. The number of anilines is 2. The number of benzene rings is 3. The number of nitro groups is 1. The molecule has 2 aliphatic rings. The molecule has 192 valence electrons. The molecule has 3 aromatic rings. The third-order valence-electron chi connectivity index (χ3n) is 6.43. The number of non-ortho nitro benzene ring substituents is 1. The highest BCUT2D eigenvalue weighted by Gasteiger charge is 2.43. The number of aryl methyl sites for hydroxylation is 4. The van der Waals surface area contributed by atoms with Crippen molar-refractivity contribution in [1.29, 1.82) is 0 Å². The molecular weight excluding hydrogens is 500 g/mol. The standard InChI is InChI=1S/C29H26N4O4S/c1-6-31-24-8-7-21(33(36)37)15-23(24)25(27(31)34)26-28(35)32(22-13-18(4)10-19(5)14-22)29(38-26)30-20-11-16(2)9-17(3)12-20/h7-15H,6H2,1-5H3. The average Bonchev–Trinajstić information content (AvgIpc) is 3.29. The van der Waals surface area contributed by atoms with Gasteiger partial charge in [0.1, 0.15) is 0 Å². The Hall–Kier alpha value is -4.24. The monoisotopic (exact) mass is 526 g/mol. The van der Waals surface area contributed by atoms with Gasteiger partial charge in [-0.2, -0.15) is 0 Å². The summed E-state index contributed by atoms with van der Waals surface area (Å²) in [5.74, 6) is -0.742. The van der Waals surface area contributed by atoms with Gasteiger partial charge in [-0.05, 0) is 99.0 Å². The smallest absolute Gasteiger partial charge is 0.272 e. The number of nitrogens with zero attached hydrogens (tertiary/aromatic N) is 4. The van der Waals surface area contributed by atoms with Crippen LogP contribution in [0, 0.1) is 37.8 Å². The van der Waals surface area contributed by atoms with Gasteiger partial charge in [-0.1, -0.05) is 12.1 Å². The van der Waals surface area contributed by atoms with E-state index < -0.39 is 4.92 Å². The predicted molar refractivity (Wildman–Crippen MR) is 152 cm³/mol. The van der Waals surface area contributed by atoms with Crippen LogP contribution < -0.4 is 9.80 Å². The Morgan fingerprint density at radius 2 is 1.47 bits per heavy atom. The molecule has 0 N–H and O–H groups in total. The molecule has 0 aliphatic carbocycles. The van der Waals surface area contributed by atoms with Crippen LogP contribution in [0.5, 0.6) is 0 Å². The van der Waals surface area contributed by atoms with E-state index in [4.69, 9.17) is 4.99 Å². The number of thioether (sulfide) groups is 1. The van der Waals surface area contributed by atoms with Crippen LogP contribution in [0.4, 0.5) is 22.7 Å². The third kappa shape index (κ3) is 4.39. The average molecular weight is 527 g/mol. The molecule has 2 amide bonds. The molecule has 1 saturated heterocycles. The van der Waals surface area contributed by atoms with E-state index in [-0.39, 0.29) is 28.0 Å². The highest BCUT2D eigenvalue weighted by atomic mass is 32.2. The Labute approximate surface area is 224 Å². The Balaban J connectivity index is 1.74. The van der Waals surface area contributed by atoms with Crippen molar-refractivity contribution in [1.82, 2.24) is 0 Å². The Morgan fingerprint density at radius 1 is 0.868 bits per heavy atom. The topological polar surface area (TPSA) is 96.1 Å². The van der Waals surface area contributed by atoms with Crippen molar-refractivity contribution in [3.63, 3.8) is 0 Å². The molecule has 38 heavy (non-hydrogen) atoms. The minimum absolute atomic E-state index is 0.140. The molecule has 0 aromatic heterocycles. The van der Waals surface area contributed by atoms with Crippen molar-refractivity contribution in [3.8, 4) is 0 Å². The van der Waals surface area contributed by atoms with Gasteiger partial charge in [0.2, 0.25) is 0 Å². The Morgan fingerprint density at radius 3 is 2.05 bits per heavy atom. The number of hydrogen-bond acceptors (Lipinski definition) is 6. The van der Waals surface area contributed by atoms with Crippen LogP contribution in [0.3, 0.4) is 0 Å². The first-order valence-corrected chi connectivity index (χ1v) is 13.0. The lowest BCUT2D eigenvalue weighted by Gasteiger charge is -2.17. The quantitative estimate of drug-likeness (QED) is 0.223. The molecule has 2 heterocycles. The first kappa shape index (κ1) is 25.4. The zero-order chi connectivity index (χ0) is 27.3. The zero-order valence-corrected chi connectivity index (χ0v) is 22.5. The summed E-state index contributed by atoms with van der Waals surface area (Å²) in [4.78, 5) is 46.8. The number of amides is 2. The second-order valence-corrected chi connectivity index (χ2v) is 10.5. The third-order valence-corrected chi connectivity index (χ3v) is 7.47. The van der Waals surface area contributed by atoms with Gasteiger partial charge in [0.25, 0.3) is 17.5 Å². The van der Waals surface area contributed by atoms with Crippen LogP contribution in [0.25, 0.3) is 5.57 Å². The van der Waals surface area contributed by atoms with E-state index in [1.165, 1.54) is 21.9 Å².